The summed E-state index contributed by atoms with van der Waals surface area (Å²) in [7, 11) is 1.45. The Bertz CT molecular complexity index is 1570. The molecule has 1 amide bonds. The number of benzene rings is 2. The highest BCUT2D eigenvalue weighted by molar-refractivity contribution is 6.07. The lowest BCUT2D eigenvalue weighted by Gasteiger charge is -2.34. The molecule has 0 spiro atoms. The maximum absolute atomic E-state index is 14.4. The van der Waals surface area contributed by atoms with Crippen LogP contribution in [-0.2, 0) is 7.05 Å². The van der Waals surface area contributed by atoms with Crippen LogP contribution in [0.25, 0.3) is 22.0 Å². The predicted molar refractivity (Wildman–Crippen MR) is 125 cm³/mol. The van der Waals surface area contributed by atoms with Gasteiger partial charge in [0.05, 0.1) is 16.8 Å². The number of carbonyl (C=O) groups excluding carboxylic acids is 1. The number of pyridine rings is 1. The lowest BCUT2D eigenvalue weighted by atomic mass is 9.94. The number of piperidine rings is 1. The Labute approximate surface area is 194 Å². The molecule has 9 heteroatoms. The smallest absolute Gasteiger partial charge is 0.265 e. The first-order chi connectivity index (χ1) is 16.3. The van der Waals surface area contributed by atoms with Gasteiger partial charge in [0.2, 0.25) is 0 Å². The Morgan fingerprint density at radius 3 is 2.68 bits per heavy atom. The largest absolute Gasteiger partial charge is 0.440 e. The second-order valence-corrected chi connectivity index (χ2v) is 8.70. The van der Waals surface area contributed by atoms with E-state index in [-0.39, 0.29) is 22.6 Å². The maximum Gasteiger partial charge on any atom is 0.265 e. The minimum absolute atomic E-state index is 0.0749. The Kier molecular flexibility index (Phi) is 5.09. The summed E-state index contributed by atoms with van der Waals surface area (Å²) in [6.45, 7) is 3.01. The van der Waals surface area contributed by atoms with Crippen molar-refractivity contribution in [2.24, 2.45) is 12.8 Å². The van der Waals surface area contributed by atoms with Crippen molar-refractivity contribution in [3.63, 3.8) is 0 Å². The minimum atomic E-state index is -0.864. The Hall–Kier alpha value is -4.19. The van der Waals surface area contributed by atoms with E-state index >= 15 is 0 Å². The molecule has 2 N–H and O–H groups in total. The van der Waals surface area contributed by atoms with E-state index in [0.717, 1.165) is 22.7 Å². The van der Waals surface area contributed by atoms with Crippen molar-refractivity contribution >= 4 is 33.6 Å². The molecule has 0 radical (unpaired) electrons. The average Bonchev–Trinajstić information content (AvgIpc) is 3.24. The van der Waals surface area contributed by atoms with Crippen LogP contribution in [0.1, 0.15) is 46.1 Å². The SMILES string of the molecule is Cc1ccc2oc(C3CCN(c4c(C(N)=O)c(=O)n(C)c5cc(F)c(C#N)cc45)CC3)nc2c1. The van der Waals surface area contributed by atoms with Gasteiger partial charge in [0.1, 0.15) is 23.0 Å². The zero-order chi connectivity index (χ0) is 24.1. The van der Waals surface area contributed by atoms with Gasteiger partial charge in [-0.15, -0.1) is 0 Å². The summed E-state index contributed by atoms with van der Waals surface area (Å²) in [5.74, 6) is -0.853. The first kappa shape index (κ1) is 21.6. The fourth-order valence-electron chi connectivity index (χ4n) is 4.76. The molecule has 1 aliphatic rings. The molecule has 0 saturated carbocycles. The lowest BCUT2D eigenvalue weighted by molar-refractivity contribution is 0.0999. The highest BCUT2D eigenvalue weighted by Crippen LogP contribution is 2.36. The van der Waals surface area contributed by atoms with Crippen molar-refractivity contribution in [2.75, 3.05) is 18.0 Å². The molecular weight excluding hydrogens is 437 g/mol. The summed E-state index contributed by atoms with van der Waals surface area (Å²) in [5, 5.41) is 9.77. The quantitative estimate of drug-likeness (QED) is 0.501. The number of aromatic nitrogens is 2. The van der Waals surface area contributed by atoms with Gasteiger partial charge in [-0.05, 0) is 49.6 Å². The van der Waals surface area contributed by atoms with Crippen molar-refractivity contribution in [1.29, 1.82) is 5.26 Å². The van der Waals surface area contributed by atoms with Crippen LogP contribution in [-0.4, -0.2) is 28.5 Å². The molecule has 34 heavy (non-hydrogen) atoms. The number of fused-ring (bicyclic) bond motifs is 2. The molecule has 4 aromatic rings. The van der Waals surface area contributed by atoms with E-state index in [2.05, 4.69) is 4.98 Å². The number of primary amides is 1. The highest BCUT2D eigenvalue weighted by atomic mass is 19.1. The highest BCUT2D eigenvalue weighted by Gasteiger charge is 2.30. The van der Waals surface area contributed by atoms with Crippen LogP contribution in [0, 0.1) is 24.1 Å². The average molecular weight is 459 g/mol. The molecule has 5 rings (SSSR count). The monoisotopic (exact) mass is 459 g/mol. The van der Waals surface area contributed by atoms with E-state index in [0.29, 0.717) is 42.9 Å². The summed E-state index contributed by atoms with van der Waals surface area (Å²) in [4.78, 5) is 31.9. The molecule has 8 nitrogen and oxygen atoms in total. The summed E-state index contributed by atoms with van der Waals surface area (Å²) >= 11 is 0. The van der Waals surface area contributed by atoms with Crippen molar-refractivity contribution in [3.8, 4) is 6.07 Å². The van der Waals surface area contributed by atoms with Crippen LogP contribution in [0.2, 0.25) is 0 Å². The molecule has 1 fully saturated rings. The van der Waals surface area contributed by atoms with Crippen LogP contribution in [0.3, 0.4) is 0 Å². The molecule has 2 aromatic heterocycles. The number of carbonyl (C=O) groups is 1. The Morgan fingerprint density at radius 2 is 2.00 bits per heavy atom. The third kappa shape index (κ3) is 3.39. The van der Waals surface area contributed by atoms with Crippen LogP contribution in [0.4, 0.5) is 10.1 Å². The number of nitrogens with two attached hydrogens (primary N) is 1. The van der Waals surface area contributed by atoms with Gasteiger partial charge in [-0.25, -0.2) is 9.37 Å². The molecule has 2 aromatic carbocycles. The van der Waals surface area contributed by atoms with Crippen molar-refractivity contribution in [3.05, 3.63) is 69.1 Å². The number of anilines is 1. The van der Waals surface area contributed by atoms with Crippen LogP contribution in [0.5, 0.6) is 0 Å². The van der Waals surface area contributed by atoms with Gasteiger partial charge >= 0.3 is 0 Å². The van der Waals surface area contributed by atoms with E-state index in [1.165, 1.54) is 17.7 Å². The van der Waals surface area contributed by atoms with Crippen molar-refractivity contribution in [1.82, 2.24) is 9.55 Å². The number of rotatable bonds is 3. The molecule has 0 bridgehead atoms. The molecular formula is C25H22FN5O3. The summed E-state index contributed by atoms with van der Waals surface area (Å²) in [6, 6.07) is 10.2. The number of amides is 1. The fourth-order valence-corrected chi connectivity index (χ4v) is 4.76. The molecule has 172 valence electrons. The third-order valence-electron chi connectivity index (χ3n) is 6.54. The fraction of sp³-hybridized carbons (Fsp3) is 0.280. The number of aryl methyl sites for hydroxylation is 2. The van der Waals surface area contributed by atoms with Gasteiger partial charge < -0.3 is 19.6 Å². The molecule has 1 saturated heterocycles. The van der Waals surface area contributed by atoms with Crippen molar-refractivity contribution < 1.29 is 13.6 Å². The number of halogens is 1. The third-order valence-corrected chi connectivity index (χ3v) is 6.54. The number of nitrogens with zero attached hydrogens (tertiary/aromatic N) is 4. The van der Waals surface area contributed by atoms with Crippen molar-refractivity contribution in [2.45, 2.75) is 25.7 Å². The topological polar surface area (TPSA) is 118 Å². The minimum Gasteiger partial charge on any atom is -0.440 e. The molecule has 0 aliphatic carbocycles. The Morgan fingerprint density at radius 1 is 1.26 bits per heavy atom. The van der Waals surface area contributed by atoms with E-state index in [1.54, 1.807) is 0 Å². The first-order valence-corrected chi connectivity index (χ1v) is 11.0. The van der Waals surface area contributed by atoms with Gasteiger partial charge in [0.25, 0.3) is 11.5 Å². The van der Waals surface area contributed by atoms with E-state index < -0.39 is 17.3 Å². The van der Waals surface area contributed by atoms with Gasteiger partial charge in [0, 0.05) is 31.4 Å². The van der Waals surface area contributed by atoms with Gasteiger partial charge in [-0.2, -0.15) is 5.26 Å². The zero-order valence-electron chi connectivity index (χ0n) is 18.8. The number of hydrogen-bond donors (Lipinski definition) is 1. The van der Waals surface area contributed by atoms with E-state index in [1.807, 2.05) is 36.1 Å². The first-order valence-electron chi connectivity index (χ1n) is 11.0. The zero-order valence-corrected chi connectivity index (χ0v) is 18.8. The van der Waals surface area contributed by atoms with Crippen LogP contribution < -0.4 is 16.2 Å². The lowest BCUT2D eigenvalue weighted by Crippen LogP contribution is -2.38. The molecule has 0 unspecified atom stereocenters. The summed E-state index contributed by atoms with van der Waals surface area (Å²) < 4.78 is 21.5. The number of hydrogen-bond acceptors (Lipinski definition) is 6. The normalized spacial score (nSPS) is 14.6. The van der Waals surface area contributed by atoms with Gasteiger partial charge in [0.15, 0.2) is 11.5 Å². The predicted octanol–water partition coefficient (Wildman–Crippen LogP) is 3.48. The maximum atomic E-state index is 14.4. The molecule has 0 atom stereocenters. The van der Waals surface area contributed by atoms with Crippen LogP contribution >= 0.6 is 0 Å². The Balaban J connectivity index is 1.56. The second kappa shape index (κ2) is 7.99. The second-order valence-electron chi connectivity index (χ2n) is 8.70. The standard InChI is InChI=1S/C25H22FN5O3/c1-13-3-4-20-18(9-13)29-24(34-20)14-5-7-31(8-6-14)22-16-10-15(12-27)17(26)11-19(16)30(2)25(33)21(22)23(28)32/h3-4,9-11,14H,5-8H2,1-2H3,(H2,28,32). The number of oxazole rings is 1. The summed E-state index contributed by atoms with van der Waals surface area (Å²) in [6.07, 6.45) is 1.35. The molecule has 1 aliphatic heterocycles. The van der Waals surface area contributed by atoms with E-state index in [9.17, 15) is 19.2 Å². The van der Waals surface area contributed by atoms with Crippen LogP contribution in [0.15, 0.2) is 39.5 Å². The van der Waals surface area contributed by atoms with Gasteiger partial charge in [-0.3, -0.25) is 9.59 Å². The molecule has 3 heterocycles. The van der Waals surface area contributed by atoms with E-state index in [4.69, 9.17) is 10.2 Å². The summed E-state index contributed by atoms with van der Waals surface area (Å²) in [5.41, 5.74) is 7.97. The van der Waals surface area contributed by atoms with Gasteiger partial charge in [-0.1, -0.05) is 6.07 Å². The number of nitriles is 1.